The Kier molecular flexibility index (Phi) is 3.56. The molecule has 19 heavy (non-hydrogen) atoms. The lowest BCUT2D eigenvalue weighted by atomic mass is 10.3. The summed E-state index contributed by atoms with van der Waals surface area (Å²) in [5.74, 6) is -2.13. The summed E-state index contributed by atoms with van der Waals surface area (Å²) in [4.78, 5) is 22.5. The van der Waals surface area contributed by atoms with E-state index in [0.29, 0.717) is 0 Å². The minimum Gasteiger partial charge on any atom is -0.480 e. The Morgan fingerprint density at radius 2 is 2.16 bits per heavy atom. The van der Waals surface area contributed by atoms with Gasteiger partial charge in [-0.1, -0.05) is 6.07 Å². The molecule has 0 radical (unpaired) electrons. The average Bonchev–Trinajstić information content (AvgIpc) is 2.76. The van der Waals surface area contributed by atoms with Crippen LogP contribution in [0.2, 0.25) is 0 Å². The third-order valence-electron chi connectivity index (χ3n) is 2.32. The standard InChI is InChI=1S/C12H10FN3O3/c13-8-2-1-3-9(6-8)15-12(19)10-4-5-14-16(10)7-11(17)18/h1-6H,7H2,(H,15,19)(H,17,18). The predicted octanol–water partition coefficient (Wildman–Crippen LogP) is 1.36. The number of benzene rings is 1. The summed E-state index contributed by atoms with van der Waals surface area (Å²) in [6.45, 7) is -0.418. The number of carbonyl (C=O) groups is 2. The van der Waals surface area contributed by atoms with Crippen LogP contribution in [0.3, 0.4) is 0 Å². The monoisotopic (exact) mass is 263 g/mol. The number of amides is 1. The summed E-state index contributed by atoms with van der Waals surface area (Å²) >= 11 is 0. The van der Waals surface area contributed by atoms with Crippen LogP contribution in [0, 0.1) is 5.82 Å². The van der Waals surface area contributed by atoms with Crippen LogP contribution in [0.25, 0.3) is 0 Å². The second kappa shape index (κ2) is 5.30. The highest BCUT2D eigenvalue weighted by molar-refractivity contribution is 6.03. The highest BCUT2D eigenvalue weighted by Gasteiger charge is 2.14. The van der Waals surface area contributed by atoms with Gasteiger partial charge in [-0.15, -0.1) is 0 Å². The third-order valence-corrected chi connectivity index (χ3v) is 2.32. The van der Waals surface area contributed by atoms with Crippen LogP contribution in [0.4, 0.5) is 10.1 Å². The molecule has 0 spiro atoms. The number of carboxylic acids is 1. The molecule has 0 aliphatic rings. The van der Waals surface area contributed by atoms with E-state index in [9.17, 15) is 14.0 Å². The van der Waals surface area contributed by atoms with Crippen LogP contribution in [0.1, 0.15) is 10.5 Å². The van der Waals surface area contributed by atoms with Crippen molar-refractivity contribution in [2.45, 2.75) is 6.54 Å². The summed E-state index contributed by atoms with van der Waals surface area (Å²) in [5.41, 5.74) is 0.375. The quantitative estimate of drug-likeness (QED) is 0.872. The van der Waals surface area contributed by atoms with Crippen LogP contribution >= 0.6 is 0 Å². The molecule has 2 N–H and O–H groups in total. The van der Waals surface area contributed by atoms with Crippen molar-refractivity contribution in [1.29, 1.82) is 0 Å². The van der Waals surface area contributed by atoms with E-state index in [1.807, 2.05) is 0 Å². The minimum atomic E-state index is -1.11. The first-order valence-electron chi connectivity index (χ1n) is 5.37. The molecular formula is C12H10FN3O3. The van der Waals surface area contributed by atoms with Crippen LogP contribution in [0.15, 0.2) is 36.5 Å². The summed E-state index contributed by atoms with van der Waals surface area (Å²) in [5, 5.41) is 14.9. The SMILES string of the molecule is O=C(O)Cn1nccc1C(=O)Nc1cccc(F)c1. The fraction of sp³-hybridized carbons (Fsp3) is 0.0833. The van der Waals surface area contributed by atoms with E-state index in [0.717, 1.165) is 10.7 Å². The largest absolute Gasteiger partial charge is 0.480 e. The molecule has 1 aromatic carbocycles. The first-order chi connectivity index (χ1) is 9.06. The highest BCUT2D eigenvalue weighted by Crippen LogP contribution is 2.11. The Hall–Kier alpha value is -2.70. The molecule has 0 bridgehead atoms. The van der Waals surface area contributed by atoms with E-state index in [4.69, 9.17) is 5.11 Å². The lowest BCUT2D eigenvalue weighted by molar-refractivity contribution is -0.137. The Morgan fingerprint density at radius 1 is 1.37 bits per heavy atom. The van der Waals surface area contributed by atoms with E-state index < -0.39 is 24.2 Å². The molecule has 6 nitrogen and oxygen atoms in total. The maximum absolute atomic E-state index is 13.0. The number of nitrogens with one attached hydrogen (secondary N) is 1. The molecule has 98 valence electrons. The number of hydrogen-bond acceptors (Lipinski definition) is 3. The van der Waals surface area contributed by atoms with Crippen molar-refractivity contribution in [2.75, 3.05) is 5.32 Å². The summed E-state index contributed by atoms with van der Waals surface area (Å²) in [7, 11) is 0. The molecule has 2 rings (SSSR count). The Balaban J connectivity index is 2.16. The summed E-state index contributed by atoms with van der Waals surface area (Å²) in [6, 6.07) is 6.79. The molecule has 1 aromatic heterocycles. The van der Waals surface area contributed by atoms with Crippen LogP contribution in [0.5, 0.6) is 0 Å². The van der Waals surface area contributed by atoms with Crippen molar-refractivity contribution < 1.29 is 19.1 Å². The van der Waals surface area contributed by atoms with Crippen molar-refractivity contribution in [2.24, 2.45) is 0 Å². The van der Waals surface area contributed by atoms with Gasteiger partial charge in [-0.05, 0) is 24.3 Å². The molecule has 0 saturated carbocycles. The van der Waals surface area contributed by atoms with E-state index in [-0.39, 0.29) is 11.4 Å². The van der Waals surface area contributed by atoms with Crippen LogP contribution in [-0.4, -0.2) is 26.8 Å². The molecule has 0 aliphatic carbocycles. The summed E-state index contributed by atoms with van der Waals surface area (Å²) in [6.07, 6.45) is 1.32. The van der Waals surface area contributed by atoms with Crippen molar-refractivity contribution in [3.05, 3.63) is 48.0 Å². The van der Waals surface area contributed by atoms with Gasteiger partial charge in [0.15, 0.2) is 0 Å². The molecule has 0 fully saturated rings. The topological polar surface area (TPSA) is 84.2 Å². The maximum atomic E-state index is 13.0. The zero-order chi connectivity index (χ0) is 13.8. The van der Waals surface area contributed by atoms with Crippen molar-refractivity contribution in [3.8, 4) is 0 Å². The van der Waals surface area contributed by atoms with Crippen molar-refractivity contribution in [3.63, 3.8) is 0 Å². The first-order valence-corrected chi connectivity index (χ1v) is 5.37. The number of aromatic nitrogens is 2. The second-order valence-corrected chi connectivity index (χ2v) is 3.73. The van der Waals surface area contributed by atoms with Gasteiger partial charge in [0.2, 0.25) is 0 Å². The molecule has 0 saturated heterocycles. The number of aliphatic carboxylic acids is 1. The number of anilines is 1. The fourth-order valence-electron chi connectivity index (χ4n) is 1.54. The molecule has 1 heterocycles. The molecule has 0 unspecified atom stereocenters. The number of halogens is 1. The van der Waals surface area contributed by atoms with Gasteiger partial charge in [0.25, 0.3) is 5.91 Å². The molecule has 0 aliphatic heterocycles. The van der Waals surface area contributed by atoms with Gasteiger partial charge < -0.3 is 10.4 Å². The summed E-state index contributed by atoms with van der Waals surface area (Å²) < 4.78 is 14.0. The number of hydrogen-bond donors (Lipinski definition) is 2. The van der Waals surface area contributed by atoms with E-state index in [1.54, 1.807) is 0 Å². The van der Waals surface area contributed by atoms with E-state index in [2.05, 4.69) is 10.4 Å². The van der Waals surface area contributed by atoms with Crippen LogP contribution in [-0.2, 0) is 11.3 Å². The number of carboxylic acid groups (broad SMARTS) is 1. The average molecular weight is 263 g/mol. The normalized spacial score (nSPS) is 10.2. The van der Waals surface area contributed by atoms with Gasteiger partial charge in [-0.25, -0.2) is 9.07 Å². The Morgan fingerprint density at radius 3 is 2.84 bits per heavy atom. The van der Waals surface area contributed by atoms with Crippen molar-refractivity contribution in [1.82, 2.24) is 9.78 Å². The zero-order valence-electron chi connectivity index (χ0n) is 9.71. The molecular weight excluding hydrogens is 253 g/mol. The molecule has 2 aromatic rings. The third kappa shape index (κ3) is 3.15. The second-order valence-electron chi connectivity index (χ2n) is 3.73. The Labute approximate surface area is 107 Å². The lowest BCUT2D eigenvalue weighted by Crippen LogP contribution is -2.20. The lowest BCUT2D eigenvalue weighted by Gasteiger charge is -2.06. The van der Waals surface area contributed by atoms with Gasteiger partial charge >= 0.3 is 5.97 Å². The smallest absolute Gasteiger partial charge is 0.325 e. The zero-order valence-corrected chi connectivity index (χ0v) is 9.71. The first kappa shape index (κ1) is 12.7. The van der Waals surface area contributed by atoms with E-state index in [1.165, 1.54) is 30.5 Å². The van der Waals surface area contributed by atoms with Crippen LogP contribution < -0.4 is 5.32 Å². The van der Waals surface area contributed by atoms with Gasteiger partial charge in [0.05, 0.1) is 0 Å². The predicted molar refractivity (Wildman–Crippen MR) is 64.2 cm³/mol. The molecule has 0 atom stereocenters. The van der Waals surface area contributed by atoms with Gasteiger partial charge in [0, 0.05) is 11.9 Å². The van der Waals surface area contributed by atoms with Gasteiger partial charge in [-0.3, -0.25) is 9.59 Å². The molecule has 7 heteroatoms. The minimum absolute atomic E-state index is 0.0895. The van der Waals surface area contributed by atoms with Gasteiger partial charge in [0.1, 0.15) is 18.1 Å². The fourth-order valence-corrected chi connectivity index (χ4v) is 1.54. The number of nitrogens with zero attached hydrogens (tertiary/aromatic N) is 2. The highest BCUT2D eigenvalue weighted by atomic mass is 19.1. The maximum Gasteiger partial charge on any atom is 0.325 e. The molecule has 1 amide bonds. The number of rotatable bonds is 4. The van der Waals surface area contributed by atoms with Crippen molar-refractivity contribution >= 4 is 17.6 Å². The number of carbonyl (C=O) groups excluding carboxylic acids is 1. The Bertz CT molecular complexity index is 624. The van der Waals surface area contributed by atoms with Gasteiger partial charge in [-0.2, -0.15) is 5.10 Å². The van der Waals surface area contributed by atoms with E-state index >= 15 is 0 Å².